The van der Waals surface area contributed by atoms with Gasteiger partial charge in [-0.1, -0.05) is 0 Å². The number of rotatable bonds is 9. The summed E-state index contributed by atoms with van der Waals surface area (Å²) >= 11 is 0. The van der Waals surface area contributed by atoms with Crippen molar-refractivity contribution in [2.45, 2.75) is 13.0 Å². The lowest BCUT2D eigenvalue weighted by atomic mass is 10.4. The van der Waals surface area contributed by atoms with Gasteiger partial charge in [-0.15, -0.1) is 0 Å². The lowest BCUT2D eigenvalue weighted by Gasteiger charge is -2.18. The van der Waals surface area contributed by atoms with Crippen LogP contribution in [0.15, 0.2) is 24.3 Å². The van der Waals surface area contributed by atoms with E-state index in [0.29, 0.717) is 0 Å². The van der Waals surface area contributed by atoms with Crippen LogP contribution in [0.3, 0.4) is 0 Å². The first-order valence-electron chi connectivity index (χ1n) is 7.25. The fraction of sp³-hybridized carbons (Fsp3) is 0.467. The van der Waals surface area contributed by atoms with Crippen LogP contribution in [0.4, 0.5) is 0 Å². The maximum Gasteiger partial charge on any atom is 0.253 e. The molecule has 0 aliphatic carbocycles. The van der Waals surface area contributed by atoms with Crippen LogP contribution in [0.2, 0.25) is 0 Å². The second-order valence-corrected chi connectivity index (χ2v) is 5.08. The number of hydrogen-bond acceptors (Lipinski definition) is 6. The molecule has 4 amide bonds. The third kappa shape index (κ3) is 4.57. The van der Waals surface area contributed by atoms with E-state index < -0.39 is 0 Å². The highest BCUT2D eigenvalue weighted by atomic mass is 16.5. The second-order valence-electron chi connectivity index (χ2n) is 5.08. The number of nitrogens with zero attached hydrogens (tertiary/aromatic N) is 2. The molecule has 0 N–H and O–H groups in total. The summed E-state index contributed by atoms with van der Waals surface area (Å²) in [5, 5.41) is 0. The number of imide groups is 2. The summed E-state index contributed by atoms with van der Waals surface area (Å²) < 4.78 is 10.8. The second kappa shape index (κ2) is 7.80. The third-order valence-corrected chi connectivity index (χ3v) is 3.33. The van der Waals surface area contributed by atoms with Gasteiger partial charge >= 0.3 is 0 Å². The average molecular weight is 322 g/mol. The van der Waals surface area contributed by atoms with Crippen LogP contribution in [0.25, 0.3) is 0 Å². The van der Waals surface area contributed by atoms with Crippen LogP contribution >= 0.6 is 0 Å². The Hall–Kier alpha value is -2.32. The maximum absolute atomic E-state index is 11.3. The van der Waals surface area contributed by atoms with Crippen molar-refractivity contribution < 1.29 is 28.7 Å². The van der Waals surface area contributed by atoms with E-state index in [1.807, 2.05) is 0 Å². The molecule has 0 aromatic carbocycles. The van der Waals surface area contributed by atoms with E-state index in [9.17, 15) is 19.2 Å². The smallest absolute Gasteiger partial charge is 0.253 e. The number of carbonyl (C=O) groups is 4. The monoisotopic (exact) mass is 322 g/mol. The molecule has 2 heterocycles. The van der Waals surface area contributed by atoms with E-state index in [-0.39, 0.29) is 62.6 Å². The van der Waals surface area contributed by atoms with Crippen molar-refractivity contribution in [2.24, 2.45) is 0 Å². The summed E-state index contributed by atoms with van der Waals surface area (Å²) in [7, 11) is 0. The summed E-state index contributed by atoms with van der Waals surface area (Å²) in [6.45, 7) is 2.90. The van der Waals surface area contributed by atoms with Gasteiger partial charge in [0.2, 0.25) is 0 Å². The molecule has 8 heteroatoms. The molecule has 0 aromatic heterocycles. The van der Waals surface area contributed by atoms with Crippen molar-refractivity contribution in [2.75, 3.05) is 32.9 Å². The van der Waals surface area contributed by atoms with E-state index in [1.165, 1.54) is 24.3 Å². The average Bonchev–Trinajstić information content (AvgIpc) is 3.00. The topological polar surface area (TPSA) is 93.2 Å². The summed E-state index contributed by atoms with van der Waals surface area (Å²) in [6.07, 6.45) is 4.67. The summed E-state index contributed by atoms with van der Waals surface area (Å²) in [5.41, 5.74) is 0. The molecule has 0 radical (unpaired) electrons. The van der Waals surface area contributed by atoms with Gasteiger partial charge in [-0.3, -0.25) is 29.0 Å². The van der Waals surface area contributed by atoms with Gasteiger partial charge in [-0.05, 0) is 6.92 Å². The minimum Gasteiger partial charge on any atom is -0.377 e. The van der Waals surface area contributed by atoms with Crippen molar-refractivity contribution >= 4 is 23.6 Å². The van der Waals surface area contributed by atoms with Crippen LogP contribution < -0.4 is 0 Å². The number of carbonyl (C=O) groups excluding carboxylic acids is 4. The standard InChI is InChI=1S/C15H18N2O6/c1-11(23-9-7-17-14(20)4-5-15(17)21)10-22-8-6-16-12(18)2-3-13(16)19/h2-5,11H,6-10H2,1H3/t11-/m0/s1. The van der Waals surface area contributed by atoms with Crippen molar-refractivity contribution in [3.8, 4) is 0 Å². The first-order chi connectivity index (χ1) is 11.0. The first-order valence-corrected chi connectivity index (χ1v) is 7.25. The lowest BCUT2D eigenvalue weighted by Crippen LogP contribution is -2.35. The zero-order chi connectivity index (χ0) is 16.8. The Labute approximate surface area is 133 Å². The van der Waals surface area contributed by atoms with Gasteiger partial charge < -0.3 is 9.47 Å². The minimum absolute atomic E-state index is 0.192. The molecule has 8 nitrogen and oxygen atoms in total. The molecule has 0 saturated carbocycles. The molecule has 0 fully saturated rings. The van der Waals surface area contributed by atoms with Crippen molar-refractivity contribution in [1.29, 1.82) is 0 Å². The lowest BCUT2D eigenvalue weighted by molar-refractivity contribution is -0.140. The van der Waals surface area contributed by atoms with E-state index >= 15 is 0 Å². The van der Waals surface area contributed by atoms with Gasteiger partial charge in [-0.2, -0.15) is 0 Å². The van der Waals surface area contributed by atoms with E-state index in [4.69, 9.17) is 9.47 Å². The molecule has 124 valence electrons. The zero-order valence-electron chi connectivity index (χ0n) is 12.8. The van der Waals surface area contributed by atoms with Crippen LogP contribution in [-0.2, 0) is 28.7 Å². The molecular weight excluding hydrogens is 304 g/mol. The molecular formula is C15H18N2O6. The van der Waals surface area contributed by atoms with Crippen LogP contribution in [0.1, 0.15) is 6.92 Å². The van der Waals surface area contributed by atoms with Gasteiger partial charge in [0.25, 0.3) is 23.6 Å². The first kappa shape index (κ1) is 17.0. The number of ether oxygens (including phenoxy) is 2. The van der Waals surface area contributed by atoms with Gasteiger partial charge in [0, 0.05) is 24.3 Å². The molecule has 0 unspecified atom stereocenters. The summed E-state index contributed by atoms with van der Waals surface area (Å²) in [6, 6.07) is 0. The van der Waals surface area contributed by atoms with E-state index in [0.717, 1.165) is 9.80 Å². The quantitative estimate of drug-likeness (QED) is 0.410. The van der Waals surface area contributed by atoms with Crippen LogP contribution in [-0.4, -0.2) is 72.4 Å². The SMILES string of the molecule is C[C@@H](COCCN1C(=O)C=CC1=O)OCCN1C(=O)C=CC1=O. The van der Waals surface area contributed by atoms with Crippen molar-refractivity contribution in [3.63, 3.8) is 0 Å². The van der Waals surface area contributed by atoms with Crippen LogP contribution in [0.5, 0.6) is 0 Å². The number of hydrogen-bond donors (Lipinski definition) is 0. The summed E-state index contributed by atoms with van der Waals surface area (Å²) in [5.74, 6) is -1.35. The fourth-order valence-electron chi connectivity index (χ4n) is 2.10. The molecule has 2 rings (SSSR count). The van der Waals surface area contributed by atoms with Gasteiger partial charge in [0.15, 0.2) is 0 Å². The van der Waals surface area contributed by atoms with Crippen molar-refractivity contribution in [3.05, 3.63) is 24.3 Å². The molecule has 1 atom stereocenters. The predicted octanol–water partition coefficient (Wildman–Crippen LogP) is -0.742. The highest BCUT2D eigenvalue weighted by Crippen LogP contribution is 2.04. The fourth-order valence-corrected chi connectivity index (χ4v) is 2.10. The Kier molecular flexibility index (Phi) is 5.78. The Morgan fingerprint density at radius 3 is 1.74 bits per heavy atom. The largest absolute Gasteiger partial charge is 0.377 e. The van der Waals surface area contributed by atoms with Crippen LogP contribution in [0, 0.1) is 0 Å². The minimum atomic E-state index is -0.337. The van der Waals surface area contributed by atoms with E-state index in [1.54, 1.807) is 6.92 Å². The molecule has 2 aliphatic heterocycles. The Morgan fingerprint density at radius 2 is 1.26 bits per heavy atom. The van der Waals surface area contributed by atoms with Gasteiger partial charge in [0.1, 0.15) is 0 Å². The molecule has 23 heavy (non-hydrogen) atoms. The molecule has 0 spiro atoms. The van der Waals surface area contributed by atoms with Gasteiger partial charge in [-0.25, -0.2) is 0 Å². The van der Waals surface area contributed by atoms with E-state index in [2.05, 4.69) is 0 Å². The summed E-state index contributed by atoms with van der Waals surface area (Å²) in [4.78, 5) is 47.5. The Morgan fingerprint density at radius 1 is 0.826 bits per heavy atom. The van der Waals surface area contributed by atoms with Crippen molar-refractivity contribution in [1.82, 2.24) is 9.80 Å². The maximum atomic E-state index is 11.3. The zero-order valence-corrected chi connectivity index (χ0v) is 12.8. The predicted molar refractivity (Wildman–Crippen MR) is 78.0 cm³/mol. The highest BCUT2D eigenvalue weighted by Gasteiger charge is 2.23. The number of amides is 4. The molecule has 0 saturated heterocycles. The molecule has 0 aromatic rings. The Bertz CT molecular complexity index is 532. The normalized spacial score (nSPS) is 18.7. The third-order valence-electron chi connectivity index (χ3n) is 3.33. The Balaban J connectivity index is 1.54. The highest BCUT2D eigenvalue weighted by molar-refractivity contribution is 6.13. The molecule has 2 aliphatic rings. The molecule has 0 bridgehead atoms. The van der Waals surface area contributed by atoms with Gasteiger partial charge in [0.05, 0.1) is 39.0 Å².